The van der Waals surface area contributed by atoms with E-state index in [4.69, 9.17) is 4.42 Å². The first-order valence-corrected chi connectivity index (χ1v) is 15.4. The van der Waals surface area contributed by atoms with Gasteiger partial charge in [-0.05, 0) is 107 Å². The maximum atomic E-state index is 6.35. The molecule has 0 bridgehead atoms. The lowest BCUT2D eigenvalue weighted by atomic mass is 9.85. The second-order valence-electron chi connectivity index (χ2n) is 11.8. The topological polar surface area (TPSA) is 26.0 Å². The summed E-state index contributed by atoms with van der Waals surface area (Å²) in [5, 5.41) is 14.8. The van der Waals surface area contributed by atoms with E-state index < -0.39 is 0 Å². The fraction of sp³-hybridized carbons (Fsp3) is 0. The van der Waals surface area contributed by atoms with Gasteiger partial charge >= 0.3 is 0 Å². The first-order valence-electron chi connectivity index (χ1n) is 15.4. The van der Waals surface area contributed by atoms with Crippen LogP contribution in [0.2, 0.25) is 0 Å². The molecule has 0 aliphatic heterocycles. The summed E-state index contributed by atoms with van der Waals surface area (Å²) < 4.78 is 6.35. The Hall–Kier alpha value is -5.99. The van der Waals surface area contributed by atoms with Crippen LogP contribution in [-0.2, 0) is 0 Å². The second-order valence-corrected chi connectivity index (χ2v) is 11.8. The summed E-state index contributed by atoms with van der Waals surface area (Å²) in [6, 6.07) is 50.5. The van der Waals surface area contributed by atoms with Crippen LogP contribution in [-0.4, -0.2) is 4.98 Å². The predicted molar refractivity (Wildman–Crippen MR) is 190 cm³/mol. The highest BCUT2D eigenvalue weighted by Gasteiger charge is 2.19. The minimum absolute atomic E-state index is 0.921. The van der Waals surface area contributed by atoms with Gasteiger partial charge in [0.15, 0.2) is 0 Å². The summed E-state index contributed by atoms with van der Waals surface area (Å²) in [5.74, 6) is 0. The van der Waals surface area contributed by atoms with Gasteiger partial charge in [-0.3, -0.25) is 4.98 Å². The third kappa shape index (κ3) is 3.42. The van der Waals surface area contributed by atoms with Gasteiger partial charge in [-0.15, -0.1) is 0 Å². The van der Waals surface area contributed by atoms with Gasteiger partial charge in [-0.25, -0.2) is 0 Å². The molecule has 0 N–H and O–H groups in total. The molecule has 0 radical (unpaired) electrons. The molecular formula is C43H25NO. The molecule has 0 unspecified atom stereocenters. The number of aromatic nitrogens is 1. The number of hydrogen-bond acceptors (Lipinski definition) is 2. The molecule has 2 nitrogen and oxygen atoms in total. The smallest absolute Gasteiger partial charge is 0.136 e. The number of pyridine rings is 1. The molecule has 2 heterocycles. The molecule has 0 spiro atoms. The Balaban J connectivity index is 1.37. The maximum Gasteiger partial charge on any atom is 0.136 e. The maximum absolute atomic E-state index is 6.35. The Morgan fingerprint density at radius 3 is 1.51 bits per heavy atom. The van der Waals surface area contributed by atoms with Crippen LogP contribution >= 0.6 is 0 Å². The minimum Gasteiger partial charge on any atom is -0.456 e. The van der Waals surface area contributed by atoms with Crippen molar-refractivity contribution in [3.8, 4) is 22.3 Å². The Morgan fingerprint density at radius 2 is 0.844 bits per heavy atom. The Labute approximate surface area is 258 Å². The van der Waals surface area contributed by atoms with Gasteiger partial charge in [0.05, 0.1) is 0 Å². The molecule has 208 valence electrons. The van der Waals surface area contributed by atoms with Gasteiger partial charge in [-0.2, -0.15) is 0 Å². The summed E-state index contributed by atoms with van der Waals surface area (Å²) in [6.45, 7) is 0. The van der Waals surface area contributed by atoms with Crippen molar-refractivity contribution in [2.75, 3.05) is 0 Å². The van der Waals surface area contributed by atoms with Crippen LogP contribution in [0.4, 0.5) is 0 Å². The minimum atomic E-state index is 0.921. The SMILES string of the molecule is c1ccc2c(c1)oc1ccc3c4ccccc4c4cc(-c5c6ccccc6c(-c6ccncc6)c6ccccc56)ccc4c3c12. The quantitative estimate of drug-likeness (QED) is 0.152. The number of rotatable bonds is 2. The second kappa shape index (κ2) is 9.25. The van der Waals surface area contributed by atoms with Gasteiger partial charge in [0.1, 0.15) is 11.2 Å². The zero-order valence-electron chi connectivity index (χ0n) is 24.3. The normalized spacial score (nSPS) is 12.0. The van der Waals surface area contributed by atoms with Crippen molar-refractivity contribution in [2.24, 2.45) is 0 Å². The summed E-state index contributed by atoms with van der Waals surface area (Å²) in [6.07, 6.45) is 3.76. The molecule has 10 aromatic rings. The molecule has 2 heteroatoms. The lowest BCUT2D eigenvalue weighted by molar-refractivity contribution is 0.669. The molecule has 10 rings (SSSR count). The first kappa shape index (κ1) is 24.5. The Morgan fingerprint density at radius 1 is 0.333 bits per heavy atom. The van der Waals surface area contributed by atoms with Crippen LogP contribution in [0.15, 0.2) is 156 Å². The van der Waals surface area contributed by atoms with E-state index in [1.54, 1.807) is 0 Å². The van der Waals surface area contributed by atoms with E-state index in [0.717, 1.165) is 16.6 Å². The molecule has 0 fully saturated rings. The third-order valence-electron chi connectivity index (χ3n) is 9.53. The summed E-state index contributed by atoms with van der Waals surface area (Å²) in [7, 11) is 0. The number of fused-ring (bicyclic) bond motifs is 12. The van der Waals surface area contributed by atoms with E-state index in [-0.39, 0.29) is 0 Å². The standard InChI is InChI=1S/C43H25NO/c1-2-10-29-28(9-1)34-19-20-39-43(36-15-7-8-16-38(36)45-39)42(34)35-18-17-27(25-37(29)35)41-32-13-5-3-11-30(32)40(26-21-23-44-24-22-26)31-12-4-6-14-33(31)41/h1-25H. The van der Waals surface area contributed by atoms with Gasteiger partial charge in [0.25, 0.3) is 0 Å². The van der Waals surface area contributed by atoms with E-state index in [1.165, 1.54) is 81.5 Å². The number of furan rings is 1. The van der Waals surface area contributed by atoms with Crippen LogP contribution < -0.4 is 0 Å². The van der Waals surface area contributed by atoms with E-state index in [2.05, 4.69) is 138 Å². The van der Waals surface area contributed by atoms with Gasteiger partial charge < -0.3 is 4.42 Å². The lowest BCUT2D eigenvalue weighted by Gasteiger charge is -2.18. The molecule has 0 amide bonds. The summed E-state index contributed by atoms with van der Waals surface area (Å²) in [4.78, 5) is 4.30. The summed E-state index contributed by atoms with van der Waals surface area (Å²) >= 11 is 0. The molecule has 45 heavy (non-hydrogen) atoms. The first-order chi connectivity index (χ1) is 22.3. The molecule has 0 aliphatic rings. The highest BCUT2D eigenvalue weighted by molar-refractivity contribution is 6.35. The van der Waals surface area contributed by atoms with Crippen molar-refractivity contribution in [2.45, 2.75) is 0 Å². The number of nitrogens with zero attached hydrogens (tertiary/aromatic N) is 1. The Bertz CT molecular complexity index is 2750. The fourth-order valence-electron chi connectivity index (χ4n) is 7.68. The average Bonchev–Trinajstić information content (AvgIpc) is 3.49. The molecule has 0 aliphatic carbocycles. The largest absolute Gasteiger partial charge is 0.456 e. The zero-order chi connectivity index (χ0) is 29.5. The van der Waals surface area contributed by atoms with E-state index >= 15 is 0 Å². The number of benzene rings is 8. The molecule has 0 atom stereocenters. The summed E-state index contributed by atoms with van der Waals surface area (Å²) in [5.41, 5.74) is 6.75. The fourth-order valence-corrected chi connectivity index (χ4v) is 7.68. The van der Waals surface area contributed by atoms with Crippen molar-refractivity contribution < 1.29 is 4.42 Å². The van der Waals surface area contributed by atoms with Crippen molar-refractivity contribution in [1.29, 1.82) is 0 Å². The van der Waals surface area contributed by atoms with Crippen LogP contribution in [0.5, 0.6) is 0 Å². The van der Waals surface area contributed by atoms with Gasteiger partial charge in [0, 0.05) is 28.6 Å². The van der Waals surface area contributed by atoms with Crippen LogP contribution in [0.1, 0.15) is 0 Å². The predicted octanol–water partition coefficient (Wildman–Crippen LogP) is 12.1. The van der Waals surface area contributed by atoms with Gasteiger partial charge in [0.2, 0.25) is 0 Å². The number of hydrogen-bond donors (Lipinski definition) is 0. The van der Waals surface area contributed by atoms with Gasteiger partial charge in [-0.1, -0.05) is 103 Å². The zero-order valence-corrected chi connectivity index (χ0v) is 24.3. The Kier molecular flexibility index (Phi) is 5.03. The van der Waals surface area contributed by atoms with Crippen molar-refractivity contribution in [1.82, 2.24) is 4.98 Å². The number of para-hydroxylation sites is 1. The molecule has 0 saturated heterocycles. The monoisotopic (exact) mass is 571 g/mol. The van der Waals surface area contributed by atoms with Crippen LogP contribution in [0, 0.1) is 0 Å². The van der Waals surface area contributed by atoms with Crippen molar-refractivity contribution in [3.05, 3.63) is 152 Å². The molecule has 0 saturated carbocycles. The van der Waals surface area contributed by atoms with E-state index in [9.17, 15) is 0 Å². The van der Waals surface area contributed by atoms with Crippen LogP contribution in [0.3, 0.4) is 0 Å². The van der Waals surface area contributed by atoms with Crippen LogP contribution in [0.25, 0.3) is 98.1 Å². The lowest BCUT2D eigenvalue weighted by Crippen LogP contribution is -1.91. The average molecular weight is 572 g/mol. The molecule has 8 aromatic carbocycles. The van der Waals surface area contributed by atoms with E-state index in [0.29, 0.717) is 0 Å². The van der Waals surface area contributed by atoms with Crippen molar-refractivity contribution >= 4 is 75.8 Å². The highest BCUT2D eigenvalue weighted by atomic mass is 16.3. The van der Waals surface area contributed by atoms with E-state index in [1.807, 2.05) is 18.5 Å². The molecular weight excluding hydrogens is 546 g/mol. The third-order valence-corrected chi connectivity index (χ3v) is 9.53. The molecule has 2 aromatic heterocycles. The van der Waals surface area contributed by atoms with Crippen molar-refractivity contribution in [3.63, 3.8) is 0 Å². The highest BCUT2D eigenvalue weighted by Crippen LogP contribution is 2.46.